The second-order valence-electron chi connectivity index (χ2n) is 12.7. The fraction of sp³-hybridized carbons (Fsp3) is 0.957. The Morgan fingerprint density at radius 1 is 0.833 bits per heavy atom. The molecule has 2 aliphatic rings. The molecule has 30 heavy (non-hydrogen) atoms. The van der Waals surface area contributed by atoms with Gasteiger partial charge in [0.15, 0.2) is 22.4 Å². The topological polar surface area (TPSA) is 54.0 Å². The van der Waals surface area contributed by atoms with Crippen LogP contribution in [0.4, 0.5) is 0 Å². The summed E-state index contributed by atoms with van der Waals surface area (Å²) in [5.41, 5.74) is 0. The molecule has 0 spiro atoms. The Balaban J connectivity index is 2.39. The van der Waals surface area contributed by atoms with E-state index in [1.54, 1.807) is 0 Å². The number of hydrogen-bond acceptors (Lipinski definition) is 5. The number of hydrogen-bond donors (Lipinski definition) is 0. The monoisotopic (exact) mass is 458 g/mol. The van der Waals surface area contributed by atoms with Gasteiger partial charge in [0, 0.05) is 12.8 Å². The molecule has 2 fully saturated rings. The predicted molar refractivity (Wildman–Crippen MR) is 127 cm³/mol. The lowest BCUT2D eigenvalue weighted by Gasteiger charge is -2.44. The first-order valence-corrected chi connectivity index (χ1v) is 17.3. The molecule has 0 radical (unpaired) electrons. The zero-order valence-corrected chi connectivity index (χ0v) is 23.5. The fourth-order valence-electron chi connectivity index (χ4n) is 3.65. The van der Waals surface area contributed by atoms with E-state index in [2.05, 4.69) is 67.7 Å². The van der Waals surface area contributed by atoms with E-state index in [0.717, 1.165) is 0 Å². The highest BCUT2D eigenvalue weighted by Gasteiger charge is 2.54. The van der Waals surface area contributed by atoms with Gasteiger partial charge in [0.1, 0.15) is 18.0 Å². The molecule has 0 amide bonds. The van der Waals surface area contributed by atoms with Crippen molar-refractivity contribution in [2.45, 2.75) is 141 Å². The number of fused-ring (bicyclic) bond motifs is 1. The normalized spacial score (nSPS) is 31.3. The van der Waals surface area contributed by atoms with Crippen molar-refractivity contribution >= 4 is 22.4 Å². The van der Waals surface area contributed by atoms with Gasteiger partial charge in [-0.3, -0.25) is 4.79 Å². The highest BCUT2D eigenvalue weighted by atomic mass is 28.4. The first-order chi connectivity index (χ1) is 13.3. The summed E-state index contributed by atoms with van der Waals surface area (Å²) in [6.45, 7) is 26.3. The highest BCUT2D eigenvalue weighted by Crippen LogP contribution is 2.44. The third-order valence-electron chi connectivity index (χ3n) is 7.54. The molecule has 0 aromatic heterocycles. The lowest BCUT2D eigenvalue weighted by Crippen LogP contribution is -2.55. The third kappa shape index (κ3) is 5.84. The summed E-state index contributed by atoms with van der Waals surface area (Å²) >= 11 is 0. The summed E-state index contributed by atoms with van der Waals surface area (Å²) in [5.74, 6) is -0.485. The number of carbonyl (C=O) groups excluding carboxylic acids is 1. The van der Waals surface area contributed by atoms with E-state index in [4.69, 9.17) is 18.3 Å². The second kappa shape index (κ2) is 8.38. The largest absolute Gasteiger partial charge is 0.411 e. The SMILES string of the molecule is CC1(C)O[C@H]2[C@H](O1)[C@@H](O[Si](C)(C)C(C)(C)C)CC(=O)CC[C@@H]2O[Si](C)(C)C(C)(C)C. The smallest absolute Gasteiger partial charge is 0.192 e. The van der Waals surface area contributed by atoms with Crippen molar-refractivity contribution in [2.75, 3.05) is 0 Å². The van der Waals surface area contributed by atoms with E-state index >= 15 is 0 Å². The van der Waals surface area contributed by atoms with Crippen molar-refractivity contribution in [3.05, 3.63) is 0 Å². The quantitative estimate of drug-likeness (QED) is 0.481. The standard InChI is InChI=1S/C23H46O5Si2/c1-21(2,3)29(9,10)27-17-14-13-16(24)15-18(28-30(11,12)22(4,5)6)20-19(17)25-23(7,8)26-20/h17-20H,13-15H2,1-12H3/t17-,18-,19+,20+/m0/s1. The van der Waals surface area contributed by atoms with Crippen LogP contribution in [0.2, 0.25) is 36.3 Å². The number of ketones is 1. The second-order valence-corrected chi connectivity index (χ2v) is 22.2. The van der Waals surface area contributed by atoms with Gasteiger partial charge in [0.25, 0.3) is 0 Å². The molecule has 0 N–H and O–H groups in total. The summed E-state index contributed by atoms with van der Waals surface area (Å²) < 4.78 is 26.4. The van der Waals surface area contributed by atoms with Crippen LogP contribution in [0.3, 0.4) is 0 Å². The van der Waals surface area contributed by atoms with Crippen molar-refractivity contribution in [1.29, 1.82) is 0 Å². The van der Waals surface area contributed by atoms with Crippen molar-refractivity contribution in [3.63, 3.8) is 0 Å². The maximum atomic E-state index is 12.8. The first-order valence-electron chi connectivity index (χ1n) is 11.5. The highest BCUT2D eigenvalue weighted by molar-refractivity contribution is 6.74. The van der Waals surface area contributed by atoms with Crippen LogP contribution in [0.25, 0.3) is 0 Å². The molecule has 0 bridgehead atoms. The maximum Gasteiger partial charge on any atom is 0.192 e. The number of carbonyl (C=O) groups is 1. The van der Waals surface area contributed by atoms with Gasteiger partial charge in [0.2, 0.25) is 0 Å². The van der Waals surface area contributed by atoms with Crippen molar-refractivity contribution in [3.8, 4) is 0 Å². The third-order valence-corrected chi connectivity index (χ3v) is 16.5. The van der Waals surface area contributed by atoms with Crippen LogP contribution in [0.1, 0.15) is 74.7 Å². The molecular weight excluding hydrogens is 412 g/mol. The average molecular weight is 459 g/mol. The zero-order chi connectivity index (χ0) is 23.3. The fourth-order valence-corrected chi connectivity index (χ4v) is 6.34. The Labute approximate surface area is 186 Å². The summed E-state index contributed by atoms with van der Waals surface area (Å²) in [4.78, 5) is 12.8. The van der Waals surface area contributed by atoms with Crippen molar-refractivity contribution < 1.29 is 23.1 Å². The van der Waals surface area contributed by atoms with Crippen molar-refractivity contribution in [2.24, 2.45) is 0 Å². The molecule has 1 aliphatic carbocycles. The van der Waals surface area contributed by atoms with Crippen molar-refractivity contribution in [1.82, 2.24) is 0 Å². The number of Topliss-reactive ketones (excluding diaryl/α,β-unsaturated/α-hetero) is 1. The number of rotatable bonds is 4. The minimum absolute atomic E-state index is 0.0555. The van der Waals surface area contributed by atoms with Crippen LogP contribution in [-0.2, 0) is 23.1 Å². The van der Waals surface area contributed by atoms with Crippen LogP contribution < -0.4 is 0 Å². The van der Waals surface area contributed by atoms with E-state index < -0.39 is 22.4 Å². The Kier molecular flexibility index (Phi) is 7.31. The van der Waals surface area contributed by atoms with Gasteiger partial charge in [-0.2, -0.15) is 0 Å². The molecule has 1 heterocycles. The predicted octanol–water partition coefficient (Wildman–Crippen LogP) is 6.04. The molecule has 2 rings (SSSR count). The first kappa shape index (κ1) is 26.2. The Hall–Kier alpha value is -0.0562. The van der Waals surface area contributed by atoms with Crippen LogP contribution in [-0.4, -0.2) is 52.6 Å². The summed E-state index contributed by atoms with van der Waals surface area (Å²) in [7, 11) is -4.12. The lowest BCUT2D eigenvalue weighted by atomic mass is 9.91. The molecule has 0 aromatic rings. The zero-order valence-electron chi connectivity index (χ0n) is 21.5. The molecule has 7 heteroatoms. The van der Waals surface area contributed by atoms with E-state index in [0.29, 0.717) is 19.3 Å². The molecule has 5 nitrogen and oxygen atoms in total. The molecule has 1 saturated carbocycles. The minimum Gasteiger partial charge on any atom is -0.411 e. The maximum absolute atomic E-state index is 12.8. The molecule has 0 aromatic carbocycles. The van der Waals surface area contributed by atoms with Gasteiger partial charge in [-0.1, -0.05) is 41.5 Å². The van der Waals surface area contributed by atoms with Crippen LogP contribution in [0.5, 0.6) is 0 Å². The molecule has 1 aliphatic heterocycles. The Morgan fingerprint density at radius 2 is 1.23 bits per heavy atom. The van der Waals surface area contributed by atoms with Gasteiger partial charge >= 0.3 is 0 Å². The Morgan fingerprint density at radius 3 is 1.67 bits per heavy atom. The lowest BCUT2D eigenvalue weighted by molar-refractivity contribution is -0.159. The van der Waals surface area contributed by atoms with Gasteiger partial charge in [0.05, 0.1) is 12.2 Å². The van der Waals surface area contributed by atoms with Crippen LogP contribution in [0.15, 0.2) is 0 Å². The van der Waals surface area contributed by atoms with Gasteiger partial charge in [-0.15, -0.1) is 0 Å². The molecule has 4 atom stereocenters. The van der Waals surface area contributed by atoms with Crippen LogP contribution >= 0.6 is 0 Å². The summed E-state index contributed by atoms with van der Waals surface area (Å²) in [6.07, 6.45) is 0.594. The van der Waals surface area contributed by atoms with Gasteiger partial charge in [-0.25, -0.2) is 0 Å². The summed E-state index contributed by atoms with van der Waals surface area (Å²) in [6, 6.07) is 0. The Bertz CT molecular complexity index is 630. The minimum atomic E-state index is -2.09. The van der Waals surface area contributed by atoms with E-state index in [1.807, 2.05) is 13.8 Å². The van der Waals surface area contributed by atoms with Gasteiger partial charge in [-0.05, 0) is 56.5 Å². The summed E-state index contributed by atoms with van der Waals surface area (Å²) in [5, 5.41) is 0.140. The number of ether oxygens (including phenoxy) is 2. The van der Waals surface area contributed by atoms with E-state index in [-0.39, 0.29) is 40.3 Å². The molecule has 0 unspecified atom stereocenters. The van der Waals surface area contributed by atoms with E-state index in [9.17, 15) is 4.79 Å². The molecule has 1 saturated heterocycles. The average Bonchev–Trinajstić information content (AvgIpc) is 2.83. The van der Waals surface area contributed by atoms with Gasteiger partial charge < -0.3 is 18.3 Å². The molecular formula is C23H46O5Si2. The van der Waals surface area contributed by atoms with Crippen LogP contribution in [0, 0.1) is 0 Å². The van der Waals surface area contributed by atoms with E-state index in [1.165, 1.54) is 0 Å². The molecule has 176 valence electrons.